The maximum absolute atomic E-state index is 11.6. The third-order valence-electron chi connectivity index (χ3n) is 2.05. The van der Waals surface area contributed by atoms with E-state index in [4.69, 9.17) is 0 Å². The largest absolute Gasteiger partial charge is 0.352 e. The summed E-state index contributed by atoms with van der Waals surface area (Å²) >= 11 is 0. The molecule has 72 valence electrons. The van der Waals surface area contributed by atoms with Gasteiger partial charge < -0.3 is 5.32 Å². The van der Waals surface area contributed by atoms with E-state index < -0.39 is 0 Å². The molecule has 1 amide bonds. The van der Waals surface area contributed by atoms with E-state index in [1.807, 2.05) is 39.0 Å². The first-order chi connectivity index (χ1) is 6.16. The first-order valence-corrected chi connectivity index (χ1v) is 4.51. The molecule has 1 aromatic rings. The quantitative estimate of drug-likeness (QED) is 0.741. The molecule has 2 nitrogen and oxygen atoms in total. The van der Waals surface area contributed by atoms with Crippen LogP contribution in [0.1, 0.15) is 29.8 Å². The van der Waals surface area contributed by atoms with Crippen LogP contribution in [-0.2, 0) is 0 Å². The van der Waals surface area contributed by atoms with Crippen LogP contribution in [0, 0.1) is 13.8 Å². The Morgan fingerprint density at radius 1 is 1.38 bits per heavy atom. The first kappa shape index (κ1) is 9.78. The zero-order chi connectivity index (χ0) is 9.84. The van der Waals surface area contributed by atoms with E-state index in [-0.39, 0.29) is 7.33 Å². The summed E-state index contributed by atoms with van der Waals surface area (Å²) in [5.41, 5.74) is 2.88. The Kier molecular flexibility index (Phi) is 3.07. The number of carbonyl (C=O) groups excluding carboxylic acids is 1. The zero-order valence-corrected chi connectivity index (χ0v) is 8.35. The SMILES string of the molecule is CCNC(=O)c1c(C)cccc1C.[HH]. The minimum atomic E-state index is 0. The van der Waals surface area contributed by atoms with Crippen LogP contribution in [0.5, 0.6) is 0 Å². The van der Waals surface area contributed by atoms with Gasteiger partial charge in [0.2, 0.25) is 0 Å². The molecule has 0 bridgehead atoms. The highest BCUT2D eigenvalue weighted by molar-refractivity contribution is 5.96. The summed E-state index contributed by atoms with van der Waals surface area (Å²) < 4.78 is 0. The average molecular weight is 179 g/mol. The van der Waals surface area contributed by atoms with Crippen LogP contribution in [0.4, 0.5) is 0 Å². The average Bonchev–Trinajstić information content (AvgIpc) is 2.04. The van der Waals surface area contributed by atoms with Gasteiger partial charge >= 0.3 is 0 Å². The normalized spacial score (nSPS) is 9.77. The molecule has 0 fully saturated rings. The Balaban J connectivity index is 0.00000169. The monoisotopic (exact) mass is 179 g/mol. The molecule has 0 aliphatic heterocycles. The Bertz CT molecular complexity index is 303. The van der Waals surface area contributed by atoms with Crippen LogP contribution in [0.25, 0.3) is 0 Å². The lowest BCUT2D eigenvalue weighted by molar-refractivity contribution is 0.0954. The minimum Gasteiger partial charge on any atom is -0.352 e. The van der Waals surface area contributed by atoms with Crippen molar-refractivity contribution in [1.29, 1.82) is 0 Å². The van der Waals surface area contributed by atoms with E-state index in [0.29, 0.717) is 6.54 Å². The maximum atomic E-state index is 11.6. The summed E-state index contributed by atoms with van der Waals surface area (Å²) in [4.78, 5) is 11.6. The van der Waals surface area contributed by atoms with Gasteiger partial charge in [0.1, 0.15) is 0 Å². The van der Waals surface area contributed by atoms with E-state index in [2.05, 4.69) is 5.32 Å². The maximum Gasteiger partial charge on any atom is 0.251 e. The highest BCUT2D eigenvalue weighted by Gasteiger charge is 2.09. The van der Waals surface area contributed by atoms with Crippen molar-refractivity contribution < 1.29 is 6.22 Å². The molecule has 0 aliphatic rings. The second-order valence-electron chi connectivity index (χ2n) is 3.13. The molecule has 0 spiro atoms. The zero-order valence-electron chi connectivity index (χ0n) is 8.35. The van der Waals surface area contributed by atoms with Gasteiger partial charge in [0, 0.05) is 13.5 Å². The predicted octanol–water partition coefficient (Wildman–Crippen LogP) is 2.30. The molecule has 0 saturated heterocycles. The number of carbonyl (C=O) groups is 1. The van der Waals surface area contributed by atoms with Gasteiger partial charge in [-0.15, -0.1) is 0 Å². The molecule has 1 rings (SSSR count). The van der Waals surface area contributed by atoms with Crippen LogP contribution < -0.4 is 5.32 Å². The van der Waals surface area contributed by atoms with Crippen molar-refractivity contribution in [3.63, 3.8) is 0 Å². The van der Waals surface area contributed by atoms with Crippen molar-refractivity contribution in [2.75, 3.05) is 6.54 Å². The lowest BCUT2D eigenvalue weighted by atomic mass is 10.0. The lowest BCUT2D eigenvalue weighted by Crippen LogP contribution is -2.24. The van der Waals surface area contributed by atoms with Crippen LogP contribution in [0.2, 0.25) is 0 Å². The van der Waals surface area contributed by atoms with E-state index in [0.717, 1.165) is 16.7 Å². The van der Waals surface area contributed by atoms with Gasteiger partial charge in [-0.2, -0.15) is 0 Å². The van der Waals surface area contributed by atoms with E-state index in [1.165, 1.54) is 0 Å². The van der Waals surface area contributed by atoms with Gasteiger partial charge in [0.25, 0.3) is 5.91 Å². The summed E-state index contributed by atoms with van der Waals surface area (Å²) in [6, 6.07) is 5.88. The van der Waals surface area contributed by atoms with Gasteiger partial charge in [-0.3, -0.25) is 4.79 Å². The van der Waals surface area contributed by atoms with E-state index in [9.17, 15) is 4.79 Å². The van der Waals surface area contributed by atoms with Crippen LogP contribution in [-0.4, -0.2) is 12.5 Å². The number of aryl methyl sites for hydroxylation is 2. The first-order valence-electron chi connectivity index (χ1n) is 4.51. The summed E-state index contributed by atoms with van der Waals surface area (Å²) in [6.07, 6.45) is 0. The fourth-order valence-electron chi connectivity index (χ4n) is 1.42. The Morgan fingerprint density at radius 2 is 1.92 bits per heavy atom. The fraction of sp³-hybridized carbons (Fsp3) is 0.364. The van der Waals surface area contributed by atoms with Crippen LogP contribution in [0.3, 0.4) is 0 Å². The minimum absolute atomic E-state index is 0. The molecule has 0 heterocycles. The summed E-state index contributed by atoms with van der Waals surface area (Å²) in [5.74, 6) is 0.0260. The molecule has 0 unspecified atom stereocenters. The molecule has 0 aliphatic carbocycles. The van der Waals surface area contributed by atoms with Crippen molar-refractivity contribution in [3.8, 4) is 0 Å². The topological polar surface area (TPSA) is 29.1 Å². The smallest absolute Gasteiger partial charge is 0.251 e. The number of nitrogens with one attached hydrogen (secondary N) is 1. The second-order valence-corrected chi connectivity index (χ2v) is 3.13. The second kappa shape index (κ2) is 4.08. The van der Waals surface area contributed by atoms with Gasteiger partial charge in [-0.1, -0.05) is 18.2 Å². The lowest BCUT2D eigenvalue weighted by Gasteiger charge is -2.08. The van der Waals surface area contributed by atoms with Gasteiger partial charge in [-0.25, -0.2) is 0 Å². The van der Waals surface area contributed by atoms with Crippen molar-refractivity contribution in [1.82, 2.24) is 5.32 Å². The van der Waals surface area contributed by atoms with Crippen molar-refractivity contribution >= 4 is 5.91 Å². The molecule has 1 N–H and O–H groups in total. The summed E-state index contributed by atoms with van der Waals surface area (Å²) in [7, 11) is 0. The standard InChI is InChI=1S/C11H15NO.H2/c1-4-12-11(13)10-8(2)6-5-7-9(10)3;/h5-7H,4H2,1-3H3,(H,12,13);1H. The molecule has 0 saturated carbocycles. The summed E-state index contributed by atoms with van der Waals surface area (Å²) in [6.45, 7) is 6.51. The van der Waals surface area contributed by atoms with Crippen molar-refractivity contribution in [2.45, 2.75) is 20.8 Å². The Morgan fingerprint density at radius 3 is 2.38 bits per heavy atom. The van der Waals surface area contributed by atoms with Crippen LogP contribution >= 0.6 is 0 Å². The van der Waals surface area contributed by atoms with E-state index >= 15 is 0 Å². The van der Waals surface area contributed by atoms with E-state index in [1.54, 1.807) is 0 Å². The molecule has 2 heteroatoms. The highest BCUT2D eigenvalue weighted by atomic mass is 16.1. The molecule has 0 atom stereocenters. The molecule has 1 aromatic carbocycles. The molecule has 13 heavy (non-hydrogen) atoms. The fourth-order valence-corrected chi connectivity index (χ4v) is 1.42. The van der Waals surface area contributed by atoms with Gasteiger partial charge in [-0.05, 0) is 31.9 Å². The molecule has 0 radical (unpaired) electrons. The van der Waals surface area contributed by atoms with Gasteiger partial charge in [0.05, 0.1) is 0 Å². The third-order valence-corrected chi connectivity index (χ3v) is 2.05. The molecule has 0 aromatic heterocycles. The number of benzene rings is 1. The summed E-state index contributed by atoms with van der Waals surface area (Å²) in [5, 5.41) is 2.80. The van der Waals surface area contributed by atoms with Gasteiger partial charge in [0.15, 0.2) is 0 Å². The molecular formula is C11H17NO. The Hall–Kier alpha value is -1.31. The number of hydrogen-bond acceptors (Lipinski definition) is 1. The van der Waals surface area contributed by atoms with Crippen molar-refractivity contribution in [2.24, 2.45) is 0 Å². The Labute approximate surface area is 80.5 Å². The number of rotatable bonds is 2. The van der Waals surface area contributed by atoms with Crippen LogP contribution in [0.15, 0.2) is 18.2 Å². The van der Waals surface area contributed by atoms with Crippen molar-refractivity contribution in [3.05, 3.63) is 34.9 Å². The number of amides is 1. The number of hydrogen-bond donors (Lipinski definition) is 1. The third kappa shape index (κ3) is 2.08. The molecular weight excluding hydrogens is 162 g/mol. The predicted molar refractivity (Wildman–Crippen MR) is 56.0 cm³/mol. The highest BCUT2D eigenvalue weighted by Crippen LogP contribution is 2.12.